The molecule has 0 radical (unpaired) electrons. The van der Waals surface area contributed by atoms with Crippen LogP contribution in [0.3, 0.4) is 0 Å². The Bertz CT molecular complexity index is 596. The highest BCUT2D eigenvalue weighted by Crippen LogP contribution is 2.32. The van der Waals surface area contributed by atoms with Gasteiger partial charge in [0.2, 0.25) is 0 Å². The summed E-state index contributed by atoms with van der Waals surface area (Å²) in [5, 5.41) is 0. The molecule has 0 spiro atoms. The fraction of sp³-hybridized carbons (Fsp3) is 0.357. The first-order valence-electron chi connectivity index (χ1n) is 6.21. The van der Waals surface area contributed by atoms with Crippen LogP contribution in [0.2, 0.25) is 0 Å². The molecule has 2 aromatic heterocycles. The molecular formula is C14H18N4O. The number of nitrogens with two attached hydrogens (primary N) is 1. The summed E-state index contributed by atoms with van der Waals surface area (Å²) in [7, 11) is 0. The molecule has 2 heterocycles. The molecule has 5 heteroatoms. The highest BCUT2D eigenvalue weighted by molar-refractivity contribution is 5.48. The van der Waals surface area contributed by atoms with Crippen molar-refractivity contribution in [3.63, 3.8) is 0 Å². The lowest BCUT2D eigenvalue weighted by atomic mass is 10.0. The van der Waals surface area contributed by atoms with Gasteiger partial charge in [-0.05, 0) is 19.8 Å². The van der Waals surface area contributed by atoms with Gasteiger partial charge in [0.1, 0.15) is 11.6 Å². The van der Waals surface area contributed by atoms with Gasteiger partial charge < -0.3 is 10.5 Å². The highest BCUT2D eigenvalue weighted by atomic mass is 16.5. The van der Waals surface area contributed by atoms with Crippen LogP contribution in [0.25, 0.3) is 0 Å². The van der Waals surface area contributed by atoms with Crippen molar-refractivity contribution in [2.24, 2.45) is 0 Å². The van der Waals surface area contributed by atoms with E-state index in [0.29, 0.717) is 23.3 Å². The van der Waals surface area contributed by atoms with Crippen molar-refractivity contribution in [1.29, 1.82) is 0 Å². The number of hydrogen-bond acceptors (Lipinski definition) is 5. The Labute approximate surface area is 112 Å². The summed E-state index contributed by atoms with van der Waals surface area (Å²) in [6.07, 6.45) is 3.43. The van der Waals surface area contributed by atoms with Crippen LogP contribution in [0.1, 0.15) is 36.8 Å². The first kappa shape index (κ1) is 13.3. The van der Waals surface area contributed by atoms with Gasteiger partial charge in [0, 0.05) is 23.5 Å². The van der Waals surface area contributed by atoms with Gasteiger partial charge in [-0.15, -0.1) is 0 Å². The summed E-state index contributed by atoms with van der Waals surface area (Å²) in [5.41, 5.74) is 7.77. The lowest BCUT2D eigenvalue weighted by Crippen LogP contribution is -2.01. The van der Waals surface area contributed by atoms with Crippen molar-refractivity contribution in [2.75, 3.05) is 5.73 Å². The van der Waals surface area contributed by atoms with E-state index in [4.69, 9.17) is 10.5 Å². The second-order valence-corrected chi connectivity index (χ2v) is 4.79. The first-order chi connectivity index (χ1) is 8.97. The standard InChI is InChI=1S/C14H18N4O/c1-8(2)11-6-16-9(3)5-12(11)19-13-7-17-10(4)18-14(13)15/h5-8H,1-4H3,(H2,15,17,18). The summed E-state index contributed by atoms with van der Waals surface area (Å²) >= 11 is 0. The molecule has 0 saturated carbocycles. The third-order valence-corrected chi connectivity index (χ3v) is 2.78. The Hall–Kier alpha value is -2.17. The Morgan fingerprint density at radius 2 is 1.84 bits per heavy atom. The molecule has 0 aliphatic heterocycles. The molecule has 2 aromatic rings. The van der Waals surface area contributed by atoms with Gasteiger partial charge in [-0.3, -0.25) is 4.98 Å². The molecule has 2 N–H and O–H groups in total. The van der Waals surface area contributed by atoms with Crippen molar-refractivity contribution < 1.29 is 4.74 Å². The van der Waals surface area contributed by atoms with Crippen LogP contribution in [0, 0.1) is 13.8 Å². The van der Waals surface area contributed by atoms with E-state index in [1.807, 2.05) is 19.2 Å². The molecule has 0 amide bonds. The van der Waals surface area contributed by atoms with Crippen molar-refractivity contribution in [3.05, 3.63) is 35.5 Å². The predicted molar refractivity (Wildman–Crippen MR) is 74.3 cm³/mol. The van der Waals surface area contributed by atoms with Gasteiger partial charge in [0.25, 0.3) is 0 Å². The van der Waals surface area contributed by atoms with E-state index in [1.54, 1.807) is 13.1 Å². The molecule has 0 aromatic carbocycles. The predicted octanol–water partition coefficient (Wildman–Crippen LogP) is 2.99. The number of aromatic nitrogens is 3. The molecule has 0 aliphatic rings. The Morgan fingerprint density at radius 3 is 2.47 bits per heavy atom. The summed E-state index contributed by atoms with van der Waals surface area (Å²) in [4.78, 5) is 12.5. The highest BCUT2D eigenvalue weighted by Gasteiger charge is 2.12. The number of rotatable bonds is 3. The second-order valence-electron chi connectivity index (χ2n) is 4.79. The van der Waals surface area contributed by atoms with Gasteiger partial charge >= 0.3 is 0 Å². The lowest BCUT2D eigenvalue weighted by Gasteiger charge is -2.14. The summed E-state index contributed by atoms with van der Waals surface area (Å²) in [5.74, 6) is 2.51. The number of nitrogens with zero attached hydrogens (tertiary/aromatic N) is 3. The smallest absolute Gasteiger partial charge is 0.187 e. The minimum Gasteiger partial charge on any atom is -0.451 e. The normalized spacial score (nSPS) is 10.8. The van der Waals surface area contributed by atoms with E-state index in [2.05, 4.69) is 28.8 Å². The van der Waals surface area contributed by atoms with Crippen LogP contribution in [-0.2, 0) is 0 Å². The SMILES string of the molecule is Cc1cc(Oc2cnc(C)nc2N)c(C(C)C)cn1. The minimum atomic E-state index is 0.315. The molecule has 2 rings (SSSR count). The zero-order chi connectivity index (χ0) is 14.0. The quantitative estimate of drug-likeness (QED) is 0.916. The number of aryl methyl sites for hydroxylation is 2. The zero-order valence-electron chi connectivity index (χ0n) is 11.6. The van der Waals surface area contributed by atoms with E-state index in [0.717, 1.165) is 17.0 Å². The number of nitrogen functional groups attached to an aromatic ring is 1. The molecule has 0 unspecified atom stereocenters. The van der Waals surface area contributed by atoms with Crippen LogP contribution in [0.5, 0.6) is 11.5 Å². The third-order valence-electron chi connectivity index (χ3n) is 2.78. The van der Waals surface area contributed by atoms with Crippen molar-refractivity contribution >= 4 is 5.82 Å². The molecule has 19 heavy (non-hydrogen) atoms. The summed E-state index contributed by atoms with van der Waals surface area (Å²) < 4.78 is 5.85. The minimum absolute atomic E-state index is 0.315. The van der Waals surface area contributed by atoms with Crippen LogP contribution in [0.15, 0.2) is 18.5 Å². The number of anilines is 1. The Balaban J connectivity index is 2.39. The van der Waals surface area contributed by atoms with Gasteiger partial charge in [-0.2, -0.15) is 0 Å². The van der Waals surface area contributed by atoms with Gasteiger partial charge in [0.05, 0.1) is 6.20 Å². The van der Waals surface area contributed by atoms with E-state index in [1.165, 1.54) is 0 Å². The topological polar surface area (TPSA) is 73.9 Å². The van der Waals surface area contributed by atoms with Crippen LogP contribution >= 0.6 is 0 Å². The van der Waals surface area contributed by atoms with Gasteiger partial charge in [-0.1, -0.05) is 13.8 Å². The molecule has 0 atom stereocenters. The molecule has 0 fully saturated rings. The fourth-order valence-electron chi connectivity index (χ4n) is 1.74. The number of hydrogen-bond donors (Lipinski definition) is 1. The van der Waals surface area contributed by atoms with Crippen molar-refractivity contribution in [3.8, 4) is 11.5 Å². The first-order valence-corrected chi connectivity index (χ1v) is 6.21. The summed E-state index contributed by atoms with van der Waals surface area (Å²) in [6, 6.07) is 1.90. The van der Waals surface area contributed by atoms with Crippen LogP contribution in [0.4, 0.5) is 5.82 Å². The van der Waals surface area contributed by atoms with E-state index >= 15 is 0 Å². The maximum atomic E-state index is 5.85. The lowest BCUT2D eigenvalue weighted by molar-refractivity contribution is 0.469. The van der Waals surface area contributed by atoms with Crippen molar-refractivity contribution in [1.82, 2.24) is 15.0 Å². The number of ether oxygens (including phenoxy) is 1. The van der Waals surface area contributed by atoms with Gasteiger partial charge in [-0.25, -0.2) is 9.97 Å². The summed E-state index contributed by atoms with van der Waals surface area (Å²) in [6.45, 7) is 7.89. The zero-order valence-corrected chi connectivity index (χ0v) is 11.6. The third kappa shape index (κ3) is 2.99. The maximum Gasteiger partial charge on any atom is 0.187 e. The average molecular weight is 258 g/mol. The number of pyridine rings is 1. The van der Waals surface area contributed by atoms with E-state index < -0.39 is 0 Å². The van der Waals surface area contributed by atoms with Crippen LogP contribution in [-0.4, -0.2) is 15.0 Å². The molecule has 5 nitrogen and oxygen atoms in total. The van der Waals surface area contributed by atoms with Gasteiger partial charge in [0.15, 0.2) is 11.6 Å². The molecule has 0 aliphatic carbocycles. The van der Waals surface area contributed by atoms with Crippen molar-refractivity contribution in [2.45, 2.75) is 33.6 Å². The Morgan fingerprint density at radius 1 is 1.11 bits per heavy atom. The monoisotopic (exact) mass is 258 g/mol. The Kier molecular flexibility index (Phi) is 3.64. The van der Waals surface area contributed by atoms with E-state index in [9.17, 15) is 0 Å². The maximum absolute atomic E-state index is 5.85. The average Bonchev–Trinajstić information content (AvgIpc) is 2.32. The largest absolute Gasteiger partial charge is 0.451 e. The fourth-order valence-corrected chi connectivity index (χ4v) is 1.74. The van der Waals surface area contributed by atoms with Crippen LogP contribution < -0.4 is 10.5 Å². The van der Waals surface area contributed by atoms with E-state index in [-0.39, 0.29) is 0 Å². The molecule has 0 saturated heterocycles. The molecule has 0 bridgehead atoms. The molecular weight excluding hydrogens is 240 g/mol. The second kappa shape index (κ2) is 5.22. The molecule has 100 valence electrons.